The van der Waals surface area contributed by atoms with Gasteiger partial charge in [-0.25, -0.2) is 0 Å². The first-order valence-electron chi connectivity index (χ1n) is 6.33. The van der Waals surface area contributed by atoms with Gasteiger partial charge in [0.2, 0.25) is 5.91 Å². The fraction of sp³-hybridized carbons (Fsp3) is 0.917. The highest BCUT2D eigenvalue weighted by molar-refractivity contribution is 5.81. The lowest BCUT2D eigenvalue weighted by Gasteiger charge is -2.40. The molecule has 1 aliphatic heterocycles. The minimum Gasteiger partial charge on any atom is -0.385 e. The molecule has 5 nitrogen and oxygen atoms in total. The van der Waals surface area contributed by atoms with Gasteiger partial charge in [0.15, 0.2) is 0 Å². The monoisotopic (exact) mass is 243 g/mol. The molecule has 1 saturated heterocycles. The van der Waals surface area contributed by atoms with Crippen molar-refractivity contribution in [2.45, 2.75) is 31.8 Å². The first-order valence-corrected chi connectivity index (χ1v) is 6.33. The van der Waals surface area contributed by atoms with Gasteiger partial charge in [-0.1, -0.05) is 6.92 Å². The lowest BCUT2D eigenvalue weighted by atomic mass is 10.1. The number of carbonyl (C=O) groups is 1. The van der Waals surface area contributed by atoms with Crippen molar-refractivity contribution in [1.29, 1.82) is 0 Å². The Balaban J connectivity index is 2.46. The Morgan fingerprint density at radius 3 is 2.82 bits per heavy atom. The van der Waals surface area contributed by atoms with Gasteiger partial charge in [-0.2, -0.15) is 0 Å². The van der Waals surface area contributed by atoms with Crippen molar-refractivity contribution < 1.29 is 9.53 Å². The van der Waals surface area contributed by atoms with Crippen LogP contribution >= 0.6 is 0 Å². The normalized spacial score (nSPS) is 23.8. The van der Waals surface area contributed by atoms with Crippen LogP contribution in [0.2, 0.25) is 0 Å². The molecule has 0 aromatic carbocycles. The molecule has 2 N–H and O–H groups in total. The highest BCUT2D eigenvalue weighted by Gasteiger charge is 2.28. The second kappa shape index (κ2) is 6.93. The van der Waals surface area contributed by atoms with Crippen molar-refractivity contribution in [3.05, 3.63) is 0 Å². The number of methoxy groups -OCH3 is 1. The highest BCUT2D eigenvalue weighted by Crippen LogP contribution is 2.12. The van der Waals surface area contributed by atoms with Crippen LogP contribution in [0.1, 0.15) is 19.8 Å². The maximum Gasteiger partial charge on any atom is 0.239 e. The van der Waals surface area contributed by atoms with Crippen LogP contribution < -0.4 is 5.73 Å². The van der Waals surface area contributed by atoms with Crippen LogP contribution in [-0.2, 0) is 9.53 Å². The Morgan fingerprint density at radius 1 is 1.53 bits per heavy atom. The predicted molar refractivity (Wildman–Crippen MR) is 67.8 cm³/mol. The number of piperazine rings is 1. The van der Waals surface area contributed by atoms with Crippen molar-refractivity contribution >= 4 is 5.91 Å². The summed E-state index contributed by atoms with van der Waals surface area (Å²) in [5.74, 6) is 0.0635. The zero-order valence-corrected chi connectivity index (χ0v) is 11.2. The van der Waals surface area contributed by atoms with Gasteiger partial charge in [0.05, 0.1) is 6.04 Å². The molecular formula is C12H25N3O2. The van der Waals surface area contributed by atoms with Crippen LogP contribution in [0, 0.1) is 0 Å². The summed E-state index contributed by atoms with van der Waals surface area (Å²) in [4.78, 5) is 16.3. The summed E-state index contributed by atoms with van der Waals surface area (Å²) < 4.78 is 4.95. The van der Waals surface area contributed by atoms with E-state index in [-0.39, 0.29) is 5.91 Å². The van der Waals surface area contributed by atoms with Gasteiger partial charge in [-0.05, 0) is 19.9 Å². The first kappa shape index (κ1) is 14.4. The van der Waals surface area contributed by atoms with E-state index in [2.05, 4.69) is 18.9 Å². The molecule has 1 amide bonds. The molecule has 17 heavy (non-hydrogen) atoms. The van der Waals surface area contributed by atoms with Crippen molar-refractivity contribution in [3.63, 3.8) is 0 Å². The molecule has 0 aromatic heterocycles. The quantitative estimate of drug-likeness (QED) is 0.733. The number of ether oxygens (including phenoxy) is 1. The summed E-state index contributed by atoms with van der Waals surface area (Å²) in [5.41, 5.74) is 5.87. The third-order valence-electron chi connectivity index (χ3n) is 3.51. The number of nitrogens with zero attached hydrogens (tertiary/aromatic N) is 2. The molecular weight excluding hydrogens is 218 g/mol. The van der Waals surface area contributed by atoms with Gasteiger partial charge < -0.3 is 15.4 Å². The molecule has 0 bridgehead atoms. The number of hydrogen-bond acceptors (Lipinski definition) is 4. The van der Waals surface area contributed by atoms with Gasteiger partial charge in [-0.3, -0.25) is 9.69 Å². The molecule has 0 saturated carbocycles. The van der Waals surface area contributed by atoms with E-state index in [1.54, 1.807) is 7.11 Å². The van der Waals surface area contributed by atoms with Crippen molar-refractivity contribution in [2.24, 2.45) is 5.73 Å². The fourth-order valence-corrected chi connectivity index (χ4v) is 2.19. The van der Waals surface area contributed by atoms with E-state index in [1.165, 1.54) is 0 Å². The number of hydrogen-bond donors (Lipinski definition) is 1. The summed E-state index contributed by atoms with van der Waals surface area (Å²) in [6.45, 7) is 5.21. The Morgan fingerprint density at radius 2 is 2.24 bits per heavy atom. The minimum absolute atomic E-state index is 0.0635. The van der Waals surface area contributed by atoms with E-state index in [0.717, 1.165) is 26.1 Å². The first-order chi connectivity index (χ1) is 8.10. The SMILES string of the molecule is CCC1CN(C(=O)C(N)CCOC)CCN1C. The summed E-state index contributed by atoms with van der Waals surface area (Å²) in [6.07, 6.45) is 1.66. The number of rotatable bonds is 5. The van der Waals surface area contributed by atoms with Crippen LogP contribution in [0.3, 0.4) is 0 Å². The second-order valence-electron chi connectivity index (χ2n) is 4.71. The van der Waals surface area contributed by atoms with Crippen LogP contribution in [0.5, 0.6) is 0 Å². The molecule has 1 rings (SSSR count). The number of amides is 1. The maximum absolute atomic E-state index is 12.1. The van der Waals surface area contributed by atoms with Gasteiger partial charge in [0, 0.05) is 39.4 Å². The average Bonchev–Trinajstić information content (AvgIpc) is 2.35. The number of nitrogens with two attached hydrogens (primary N) is 1. The lowest BCUT2D eigenvalue weighted by Crippen LogP contribution is -2.56. The molecule has 5 heteroatoms. The topological polar surface area (TPSA) is 58.8 Å². The smallest absolute Gasteiger partial charge is 0.239 e. The van der Waals surface area contributed by atoms with Crippen molar-refractivity contribution in [3.8, 4) is 0 Å². The maximum atomic E-state index is 12.1. The molecule has 2 atom stereocenters. The average molecular weight is 243 g/mol. The van der Waals surface area contributed by atoms with Gasteiger partial charge in [0.25, 0.3) is 0 Å². The molecule has 0 aliphatic carbocycles. The molecule has 0 aromatic rings. The molecule has 2 unspecified atom stereocenters. The third kappa shape index (κ3) is 3.94. The Kier molecular flexibility index (Phi) is 5.88. The van der Waals surface area contributed by atoms with E-state index in [4.69, 9.17) is 10.5 Å². The molecule has 1 aliphatic rings. The molecule has 1 fully saturated rings. The van der Waals surface area contributed by atoms with Crippen molar-refractivity contribution in [2.75, 3.05) is 40.4 Å². The molecule has 100 valence electrons. The summed E-state index contributed by atoms with van der Waals surface area (Å²) >= 11 is 0. The second-order valence-corrected chi connectivity index (χ2v) is 4.71. The summed E-state index contributed by atoms with van der Waals surface area (Å²) in [6, 6.07) is 0.0400. The summed E-state index contributed by atoms with van der Waals surface area (Å²) in [7, 11) is 3.74. The van der Waals surface area contributed by atoms with Crippen LogP contribution in [-0.4, -0.2) is 68.2 Å². The zero-order chi connectivity index (χ0) is 12.8. The van der Waals surface area contributed by atoms with Gasteiger partial charge >= 0.3 is 0 Å². The Labute approximate surface area is 104 Å². The van der Waals surface area contributed by atoms with Crippen LogP contribution in [0.25, 0.3) is 0 Å². The molecule has 0 spiro atoms. The largest absolute Gasteiger partial charge is 0.385 e. The number of carbonyl (C=O) groups excluding carboxylic acids is 1. The van der Waals surface area contributed by atoms with Gasteiger partial charge in [-0.15, -0.1) is 0 Å². The predicted octanol–water partition coefficient (Wildman–Crippen LogP) is -0.0972. The van der Waals surface area contributed by atoms with E-state index >= 15 is 0 Å². The standard InChI is InChI=1S/C12H25N3O2/c1-4-10-9-15(7-6-14(10)2)12(16)11(13)5-8-17-3/h10-11H,4-9,13H2,1-3H3. The van der Waals surface area contributed by atoms with E-state index in [0.29, 0.717) is 19.1 Å². The molecule has 0 radical (unpaired) electrons. The zero-order valence-electron chi connectivity index (χ0n) is 11.2. The molecule has 1 heterocycles. The van der Waals surface area contributed by atoms with E-state index < -0.39 is 6.04 Å². The summed E-state index contributed by atoms with van der Waals surface area (Å²) in [5, 5.41) is 0. The van der Waals surface area contributed by atoms with E-state index in [1.807, 2.05) is 4.90 Å². The lowest BCUT2D eigenvalue weighted by molar-refractivity contribution is -0.135. The fourth-order valence-electron chi connectivity index (χ4n) is 2.19. The minimum atomic E-state index is -0.420. The van der Waals surface area contributed by atoms with Crippen LogP contribution in [0.4, 0.5) is 0 Å². The number of likely N-dealkylation sites (N-methyl/N-ethyl adjacent to an activating group) is 1. The van der Waals surface area contributed by atoms with E-state index in [9.17, 15) is 4.79 Å². The van der Waals surface area contributed by atoms with Gasteiger partial charge in [0.1, 0.15) is 0 Å². The van der Waals surface area contributed by atoms with Crippen LogP contribution in [0.15, 0.2) is 0 Å². The third-order valence-corrected chi connectivity index (χ3v) is 3.51. The Bertz CT molecular complexity index is 248. The highest BCUT2D eigenvalue weighted by atomic mass is 16.5. The Hall–Kier alpha value is -0.650. The van der Waals surface area contributed by atoms with Crippen molar-refractivity contribution in [1.82, 2.24) is 9.80 Å².